The Bertz CT molecular complexity index is 322. The van der Waals surface area contributed by atoms with E-state index in [1.54, 1.807) is 0 Å². The maximum Gasteiger partial charge on any atom is 0.320 e. The van der Waals surface area contributed by atoms with Gasteiger partial charge in [-0.05, 0) is 31.1 Å². The molecule has 0 bridgehead atoms. The van der Waals surface area contributed by atoms with E-state index in [0.29, 0.717) is 31.5 Å². The van der Waals surface area contributed by atoms with Crippen molar-refractivity contribution in [1.29, 1.82) is 0 Å². The van der Waals surface area contributed by atoms with E-state index < -0.39 is 17.9 Å². The molecule has 0 amide bonds. The van der Waals surface area contributed by atoms with Crippen molar-refractivity contribution in [3.05, 3.63) is 0 Å². The molecule has 0 aromatic carbocycles. The lowest BCUT2D eigenvalue weighted by atomic mass is 10.00. The highest BCUT2D eigenvalue weighted by Crippen LogP contribution is 2.17. The molecule has 2 unspecified atom stereocenters. The zero-order chi connectivity index (χ0) is 19.1. The molecular weight excluding hydrogens is 316 g/mol. The smallest absolute Gasteiger partial charge is 0.320 e. The molecule has 0 fully saturated rings. The lowest BCUT2D eigenvalue weighted by Gasteiger charge is -2.19. The highest BCUT2D eigenvalue weighted by Gasteiger charge is 2.29. The second kappa shape index (κ2) is 15.2. The lowest BCUT2D eigenvalue weighted by molar-refractivity contribution is -0.164. The number of unbranched alkanes of at least 4 members (excludes halogenated alkanes) is 2. The zero-order valence-electron chi connectivity index (χ0n) is 17.1. The van der Waals surface area contributed by atoms with Crippen LogP contribution in [0.3, 0.4) is 0 Å². The molecule has 25 heavy (non-hydrogen) atoms. The summed E-state index contributed by atoms with van der Waals surface area (Å²) in [7, 11) is 0. The van der Waals surface area contributed by atoms with E-state index in [9.17, 15) is 9.59 Å². The molecule has 0 spiro atoms. The third-order valence-electron chi connectivity index (χ3n) is 4.99. The minimum absolute atomic E-state index is 0.385. The summed E-state index contributed by atoms with van der Waals surface area (Å²) in [5, 5.41) is 0. The summed E-state index contributed by atoms with van der Waals surface area (Å²) in [6, 6.07) is 0. The van der Waals surface area contributed by atoms with E-state index in [2.05, 4.69) is 27.7 Å². The molecular formula is C21H40O4. The molecule has 0 aliphatic carbocycles. The topological polar surface area (TPSA) is 52.6 Å². The molecule has 0 saturated heterocycles. The van der Waals surface area contributed by atoms with Gasteiger partial charge in [0, 0.05) is 0 Å². The van der Waals surface area contributed by atoms with E-state index in [4.69, 9.17) is 9.47 Å². The third kappa shape index (κ3) is 10.5. The van der Waals surface area contributed by atoms with Crippen LogP contribution in [-0.2, 0) is 19.1 Å². The average Bonchev–Trinajstić information content (AvgIpc) is 2.62. The van der Waals surface area contributed by atoms with Gasteiger partial charge in [-0.3, -0.25) is 9.59 Å². The van der Waals surface area contributed by atoms with Gasteiger partial charge >= 0.3 is 11.9 Å². The average molecular weight is 357 g/mol. The van der Waals surface area contributed by atoms with Crippen LogP contribution in [-0.4, -0.2) is 25.2 Å². The molecule has 0 radical (unpaired) electrons. The molecule has 0 aromatic rings. The van der Waals surface area contributed by atoms with Gasteiger partial charge in [0.15, 0.2) is 5.92 Å². The van der Waals surface area contributed by atoms with Gasteiger partial charge in [-0.15, -0.1) is 0 Å². The Labute approximate surface area is 155 Å². The molecule has 0 aromatic heterocycles. The summed E-state index contributed by atoms with van der Waals surface area (Å²) in [5.41, 5.74) is 0. The zero-order valence-corrected chi connectivity index (χ0v) is 17.1. The number of hydrogen-bond acceptors (Lipinski definition) is 4. The summed E-state index contributed by atoms with van der Waals surface area (Å²) in [6.45, 7) is 11.2. The quantitative estimate of drug-likeness (QED) is 0.286. The van der Waals surface area contributed by atoms with Crippen molar-refractivity contribution in [3.63, 3.8) is 0 Å². The second-order valence-electron chi connectivity index (χ2n) is 7.05. The van der Waals surface area contributed by atoms with Crippen molar-refractivity contribution in [2.45, 2.75) is 92.4 Å². The summed E-state index contributed by atoms with van der Waals surface area (Å²) < 4.78 is 10.8. The van der Waals surface area contributed by atoms with Gasteiger partial charge in [-0.1, -0.05) is 73.1 Å². The molecule has 2 atom stereocenters. The normalized spacial score (nSPS) is 14.6. The first kappa shape index (κ1) is 23.9. The number of carbonyl (C=O) groups excluding carboxylic acids is 2. The molecule has 0 saturated carbocycles. The van der Waals surface area contributed by atoms with Crippen LogP contribution in [0.15, 0.2) is 0 Å². The van der Waals surface area contributed by atoms with Gasteiger partial charge < -0.3 is 9.47 Å². The Morgan fingerprint density at radius 3 is 1.36 bits per heavy atom. The van der Waals surface area contributed by atoms with Gasteiger partial charge in [0.2, 0.25) is 0 Å². The molecule has 0 N–H and O–H groups in total. The number of hydrogen-bond donors (Lipinski definition) is 0. The van der Waals surface area contributed by atoms with Gasteiger partial charge in [-0.25, -0.2) is 0 Å². The Balaban J connectivity index is 4.38. The molecule has 0 rings (SSSR count). The number of rotatable bonds is 15. The maximum absolute atomic E-state index is 12.3. The first-order valence-corrected chi connectivity index (χ1v) is 10.4. The van der Waals surface area contributed by atoms with Crippen LogP contribution in [0.5, 0.6) is 0 Å². The largest absolute Gasteiger partial charge is 0.465 e. The van der Waals surface area contributed by atoms with Crippen LogP contribution in [0.25, 0.3) is 0 Å². The molecule has 0 heterocycles. The summed E-state index contributed by atoms with van der Waals surface area (Å²) in [4.78, 5) is 24.5. The van der Waals surface area contributed by atoms with Gasteiger partial charge in [0.25, 0.3) is 0 Å². The first-order valence-electron chi connectivity index (χ1n) is 10.4. The molecule has 4 nitrogen and oxygen atoms in total. The Morgan fingerprint density at radius 2 is 1.08 bits per heavy atom. The highest BCUT2D eigenvalue weighted by atomic mass is 16.6. The van der Waals surface area contributed by atoms with Crippen LogP contribution in [0.2, 0.25) is 0 Å². The van der Waals surface area contributed by atoms with E-state index in [1.165, 1.54) is 0 Å². The van der Waals surface area contributed by atoms with Crippen molar-refractivity contribution in [2.24, 2.45) is 17.8 Å². The maximum atomic E-state index is 12.3. The fourth-order valence-electron chi connectivity index (χ4n) is 2.83. The van der Waals surface area contributed by atoms with Crippen LogP contribution in [0.4, 0.5) is 0 Å². The monoisotopic (exact) mass is 356 g/mol. The second-order valence-corrected chi connectivity index (χ2v) is 7.05. The van der Waals surface area contributed by atoms with Gasteiger partial charge in [0.1, 0.15) is 0 Å². The standard InChI is InChI=1S/C21H40O4/c1-6-11-13-17(8-3)15-24-20(22)19(10-5)21(23)25-16-18(9-4)14-12-7-2/h17-19H,6-16H2,1-5H3. The fourth-order valence-corrected chi connectivity index (χ4v) is 2.83. The Kier molecular flexibility index (Phi) is 14.6. The fraction of sp³-hybridized carbons (Fsp3) is 0.905. The van der Waals surface area contributed by atoms with Gasteiger partial charge in [-0.2, -0.15) is 0 Å². The predicted octanol–water partition coefficient (Wildman–Crippen LogP) is 5.53. The molecule has 0 aliphatic rings. The Hall–Kier alpha value is -1.06. The minimum atomic E-state index is -0.785. The lowest BCUT2D eigenvalue weighted by Crippen LogP contribution is -2.30. The summed E-state index contributed by atoms with van der Waals surface area (Å²) in [6.07, 6.45) is 9.12. The number of ether oxygens (including phenoxy) is 2. The van der Waals surface area contributed by atoms with Crippen LogP contribution < -0.4 is 0 Å². The van der Waals surface area contributed by atoms with E-state index in [-0.39, 0.29) is 0 Å². The minimum Gasteiger partial charge on any atom is -0.465 e. The van der Waals surface area contributed by atoms with Crippen molar-refractivity contribution in [2.75, 3.05) is 13.2 Å². The van der Waals surface area contributed by atoms with Crippen LogP contribution in [0.1, 0.15) is 92.4 Å². The van der Waals surface area contributed by atoms with Crippen molar-refractivity contribution >= 4 is 11.9 Å². The van der Waals surface area contributed by atoms with Crippen LogP contribution >= 0.6 is 0 Å². The first-order chi connectivity index (χ1) is 12.0. The van der Waals surface area contributed by atoms with Crippen molar-refractivity contribution in [3.8, 4) is 0 Å². The van der Waals surface area contributed by atoms with Crippen LogP contribution in [0, 0.1) is 17.8 Å². The Morgan fingerprint density at radius 1 is 0.680 bits per heavy atom. The van der Waals surface area contributed by atoms with E-state index in [0.717, 1.165) is 51.4 Å². The molecule has 148 valence electrons. The van der Waals surface area contributed by atoms with E-state index >= 15 is 0 Å². The molecule has 0 aliphatic heterocycles. The predicted molar refractivity (Wildman–Crippen MR) is 102 cm³/mol. The van der Waals surface area contributed by atoms with Crippen molar-refractivity contribution < 1.29 is 19.1 Å². The number of carbonyl (C=O) groups is 2. The summed E-state index contributed by atoms with van der Waals surface area (Å²) in [5.74, 6) is -0.868. The summed E-state index contributed by atoms with van der Waals surface area (Å²) >= 11 is 0. The van der Waals surface area contributed by atoms with Gasteiger partial charge in [0.05, 0.1) is 13.2 Å². The SMILES string of the molecule is CCCCC(CC)COC(=O)C(CC)C(=O)OCC(CC)CCCC. The highest BCUT2D eigenvalue weighted by molar-refractivity contribution is 5.94. The third-order valence-corrected chi connectivity index (χ3v) is 4.99. The molecule has 4 heteroatoms. The van der Waals surface area contributed by atoms with E-state index in [1.807, 2.05) is 6.92 Å². The number of esters is 2. The van der Waals surface area contributed by atoms with Crippen molar-refractivity contribution in [1.82, 2.24) is 0 Å².